The van der Waals surface area contributed by atoms with Gasteiger partial charge >= 0.3 is 6.36 Å². The van der Waals surface area contributed by atoms with Crippen LogP contribution in [-0.4, -0.2) is 33.9 Å². The van der Waals surface area contributed by atoms with Crippen molar-refractivity contribution in [3.8, 4) is 5.75 Å². The van der Waals surface area contributed by atoms with Gasteiger partial charge in [0.05, 0.1) is 11.9 Å². The highest BCUT2D eigenvalue weighted by molar-refractivity contribution is 5.94. The molecule has 148 valence electrons. The molecule has 2 aromatic heterocycles. The Morgan fingerprint density at radius 2 is 2.00 bits per heavy atom. The van der Waals surface area contributed by atoms with Gasteiger partial charge in [-0.25, -0.2) is 4.98 Å². The Kier molecular flexibility index (Phi) is 5.25. The first-order valence-corrected chi connectivity index (χ1v) is 8.29. The standard InChI is InChI=1S/C17H17F3N6O2/c1-3-15(27)24-11-9-22-26-14(21-2)8-13(25-16(11)26)23-10-6-4-5-7-12(10)28-17(18,19)20/h4-9,21H,3H2,1-2H3,(H,23,25)(H,24,27). The maximum Gasteiger partial charge on any atom is 0.573 e. The lowest BCUT2D eigenvalue weighted by Crippen LogP contribution is -2.18. The maximum absolute atomic E-state index is 12.6. The summed E-state index contributed by atoms with van der Waals surface area (Å²) in [5.41, 5.74) is 0.787. The lowest BCUT2D eigenvalue weighted by molar-refractivity contribution is -0.274. The number of benzene rings is 1. The van der Waals surface area contributed by atoms with E-state index in [0.717, 1.165) is 0 Å². The minimum Gasteiger partial charge on any atom is -0.404 e. The number of amides is 1. The van der Waals surface area contributed by atoms with Crippen LogP contribution in [0.1, 0.15) is 13.3 Å². The van der Waals surface area contributed by atoms with Crippen molar-refractivity contribution in [2.24, 2.45) is 0 Å². The van der Waals surface area contributed by atoms with E-state index in [1.807, 2.05) is 0 Å². The molecule has 0 aliphatic rings. The second kappa shape index (κ2) is 7.62. The molecule has 0 spiro atoms. The van der Waals surface area contributed by atoms with Crippen molar-refractivity contribution < 1.29 is 22.7 Å². The molecule has 0 unspecified atom stereocenters. The van der Waals surface area contributed by atoms with Crippen LogP contribution in [0.5, 0.6) is 5.75 Å². The van der Waals surface area contributed by atoms with Gasteiger partial charge in [-0.1, -0.05) is 19.1 Å². The number of nitrogens with one attached hydrogen (secondary N) is 3. The third-order valence-electron chi connectivity index (χ3n) is 3.70. The number of hydrogen-bond donors (Lipinski definition) is 3. The van der Waals surface area contributed by atoms with Gasteiger partial charge in [0.1, 0.15) is 17.3 Å². The molecule has 3 aromatic rings. The summed E-state index contributed by atoms with van der Waals surface area (Å²) in [6.07, 6.45) is -3.11. The molecule has 0 atom stereocenters. The first kappa shape index (κ1) is 19.3. The number of halogens is 3. The molecule has 0 fully saturated rings. The molecule has 11 heteroatoms. The van der Waals surface area contributed by atoms with Gasteiger partial charge in [-0.15, -0.1) is 13.2 Å². The van der Waals surface area contributed by atoms with Crippen LogP contribution < -0.4 is 20.7 Å². The van der Waals surface area contributed by atoms with Crippen LogP contribution in [0.3, 0.4) is 0 Å². The molecule has 0 saturated heterocycles. The first-order chi connectivity index (χ1) is 13.3. The van der Waals surface area contributed by atoms with E-state index in [4.69, 9.17) is 0 Å². The normalized spacial score (nSPS) is 11.3. The van der Waals surface area contributed by atoms with Gasteiger partial charge in [-0.3, -0.25) is 4.79 Å². The highest BCUT2D eigenvalue weighted by Crippen LogP contribution is 2.32. The zero-order valence-corrected chi connectivity index (χ0v) is 15.0. The molecule has 0 saturated carbocycles. The molecule has 3 rings (SSSR count). The monoisotopic (exact) mass is 394 g/mol. The average Bonchev–Trinajstić information content (AvgIpc) is 3.04. The van der Waals surface area contributed by atoms with Crippen LogP contribution in [0, 0.1) is 0 Å². The predicted molar refractivity (Wildman–Crippen MR) is 97.9 cm³/mol. The third-order valence-corrected chi connectivity index (χ3v) is 3.70. The summed E-state index contributed by atoms with van der Waals surface area (Å²) < 4.78 is 43.4. The van der Waals surface area contributed by atoms with Crippen molar-refractivity contribution in [3.63, 3.8) is 0 Å². The highest BCUT2D eigenvalue weighted by atomic mass is 19.4. The number of aromatic nitrogens is 3. The molecule has 28 heavy (non-hydrogen) atoms. The third kappa shape index (κ3) is 4.24. The summed E-state index contributed by atoms with van der Waals surface area (Å²) in [5.74, 6) is 0.141. The molecule has 0 aliphatic heterocycles. The van der Waals surface area contributed by atoms with Gasteiger partial charge < -0.3 is 20.7 Å². The maximum atomic E-state index is 12.6. The predicted octanol–water partition coefficient (Wildman–Crippen LogP) is 3.76. The summed E-state index contributed by atoms with van der Waals surface area (Å²) in [7, 11) is 1.66. The van der Waals surface area contributed by atoms with Crippen molar-refractivity contribution >= 4 is 34.6 Å². The lowest BCUT2D eigenvalue weighted by Gasteiger charge is -2.15. The van der Waals surface area contributed by atoms with Gasteiger partial charge in [-0.05, 0) is 12.1 Å². The number of anilines is 4. The molecule has 1 amide bonds. The molecule has 0 bridgehead atoms. The average molecular weight is 394 g/mol. The number of hydrogen-bond acceptors (Lipinski definition) is 6. The van der Waals surface area contributed by atoms with Crippen LogP contribution in [0.2, 0.25) is 0 Å². The number of alkyl halides is 3. The molecule has 1 aromatic carbocycles. The van der Waals surface area contributed by atoms with E-state index < -0.39 is 12.1 Å². The minimum atomic E-state index is -4.83. The van der Waals surface area contributed by atoms with Crippen molar-refractivity contribution in [1.82, 2.24) is 14.6 Å². The second-order valence-corrected chi connectivity index (χ2v) is 5.64. The van der Waals surface area contributed by atoms with Crippen molar-refractivity contribution in [2.45, 2.75) is 19.7 Å². The van der Waals surface area contributed by atoms with Crippen LogP contribution in [-0.2, 0) is 4.79 Å². The van der Waals surface area contributed by atoms with Gasteiger partial charge in [0.15, 0.2) is 11.4 Å². The van der Waals surface area contributed by atoms with E-state index in [2.05, 4.69) is 30.8 Å². The molecule has 8 nitrogen and oxygen atoms in total. The molecule has 0 aliphatic carbocycles. The topological polar surface area (TPSA) is 92.6 Å². The van der Waals surface area contributed by atoms with E-state index in [0.29, 0.717) is 17.2 Å². The van der Waals surface area contributed by atoms with E-state index >= 15 is 0 Å². The summed E-state index contributed by atoms with van der Waals surface area (Å²) in [6.45, 7) is 1.71. The number of fused-ring (bicyclic) bond motifs is 1. The molecule has 2 heterocycles. The Bertz CT molecular complexity index is 1000. The SMILES string of the molecule is CCC(=O)Nc1cnn2c(NC)cc(Nc3ccccc3OC(F)(F)F)nc12. The lowest BCUT2D eigenvalue weighted by atomic mass is 10.3. The van der Waals surface area contributed by atoms with E-state index in [1.165, 1.54) is 28.9 Å². The van der Waals surface area contributed by atoms with Gasteiger partial charge in [0.25, 0.3) is 0 Å². The van der Waals surface area contributed by atoms with Crippen LogP contribution in [0.15, 0.2) is 36.5 Å². The summed E-state index contributed by atoms with van der Waals surface area (Å²) in [5, 5.41) is 12.6. The summed E-state index contributed by atoms with van der Waals surface area (Å²) in [4.78, 5) is 16.1. The Morgan fingerprint density at radius 1 is 1.25 bits per heavy atom. The number of carbonyl (C=O) groups excluding carboxylic acids is 1. The Balaban J connectivity index is 2.00. The van der Waals surface area contributed by atoms with Gasteiger partial charge in [0.2, 0.25) is 5.91 Å². The number of nitrogens with zero attached hydrogens (tertiary/aromatic N) is 3. The first-order valence-electron chi connectivity index (χ1n) is 8.29. The van der Waals surface area contributed by atoms with E-state index in [1.54, 1.807) is 26.1 Å². The van der Waals surface area contributed by atoms with Crippen LogP contribution in [0.4, 0.5) is 36.2 Å². The smallest absolute Gasteiger partial charge is 0.404 e. The van der Waals surface area contributed by atoms with E-state index in [-0.39, 0.29) is 23.8 Å². The number of carbonyl (C=O) groups is 1. The second-order valence-electron chi connectivity index (χ2n) is 5.64. The molecule has 0 radical (unpaired) electrons. The van der Waals surface area contributed by atoms with Gasteiger partial charge in [0, 0.05) is 19.5 Å². The van der Waals surface area contributed by atoms with Gasteiger partial charge in [-0.2, -0.15) is 9.61 Å². The number of rotatable bonds is 6. The summed E-state index contributed by atoms with van der Waals surface area (Å²) in [6, 6.07) is 7.18. The highest BCUT2D eigenvalue weighted by Gasteiger charge is 2.32. The minimum absolute atomic E-state index is 0.0809. The fourth-order valence-electron chi connectivity index (χ4n) is 2.45. The quantitative estimate of drug-likeness (QED) is 0.590. The largest absolute Gasteiger partial charge is 0.573 e. The molecule has 3 N–H and O–H groups in total. The van der Waals surface area contributed by atoms with Crippen molar-refractivity contribution in [3.05, 3.63) is 36.5 Å². The number of para-hydroxylation sites is 2. The fraction of sp³-hybridized carbons (Fsp3) is 0.235. The van der Waals surface area contributed by atoms with Crippen LogP contribution in [0.25, 0.3) is 5.65 Å². The zero-order valence-electron chi connectivity index (χ0n) is 15.0. The number of ether oxygens (including phenoxy) is 1. The molecular weight excluding hydrogens is 377 g/mol. The molecular formula is C17H17F3N6O2. The van der Waals surface area contributed by atoms with E-state index in [9.17, 15) is 18.0 Å². The Morgan fingerprint density at radius 3 is 2.68 bits per heavy atom. The summed E-state index contributed by atoms with van der Waals surface area (Å²) >= 11 is 0. The van der Waals surface area contributed by atoms with Crippen LogP contribution >= 0.6 is 0 Å². The Labute approximate surface area is 157 Å². The Hall–Kier alpha value is -3.50. The zero-order chi connectivity index (χ0) is 20.3. The fourth-order valence-corrected chi connectivity index (χ4v) is 2.45. The van der Waals surface area contributed by atoms with Crippen molar-refractivity contribution in [1.29, 1.82) is 0 Å². The van der Waals surface area contributed by atoms with Crippen molar-refractivity contribution in [2.75, 3.05) is 23.0 Å².